The Labute approximate surface area is 311 Å². The largest absolute Gasteiger partial charge is 0.573 e. The molecule has 18 heteroatoms. The first-order valence-corrected chi connectivity index (χ1v) is 17.8. The number of ether oxygens (including phenoxy) is 3. The number of piperidine rings is 2. The van der Waals surface area contributed by atoms with Crippen LogP contribution >= 0.6 is 11.8 Å². The van der Waals surface area contributed by atoms with Crippen LogP contribution in [-0.4, -0.2) is 82.1 Å². The second kappa shape index (κ2) is 16.9. The van der Waals surface area contributed by atoms with Crippen LogP contribution in [0.15, 0.2) is 65.6 Å². The lowest BCUT2D eigenvalue weighted by molar-refractivity contribution is -0.275. The predicted molar refractivity (Wildman–Crippen MR) is 184 cm³/mol. The summed E-state index contributed by atoms with van der Waals surface area (Å²) in [4.78, 5) is 17.6. The first kappa shape index (κ1) is 42.9. The van der Waals surface area contributed by atoms with Crippen molar-refractivity contribution in [2.75, 3.05) is 53.6 Å². The summed E-state index contributed by atoms with van der Waals surface area (Å²) >= 11 is 0.953. The third-order valence-corrected chi connectivity index (χ3v) is 9.84. The number of likely N-dealkylation sites (tertiary alicyclic amines) is 2. The molecule has 2 aliphatic rings. The van der Waals surface area contributed by atoms with Gasteiger partial charge in [-0.15, -0.1) is 38.1 Å². The monoisotopic (exact) mass is 796 g/mol. The molecule has 3 N–H and O–H groups in total. The number of carbonyl (C=O) groups excluding carboxylic acids is 1. The maximum Gasteiger partial charge on any atom is 0.573 e. The maximum absolute atomic E-state index is 13.5. The molecule has 2 fully saturated rings. The molecule has 8 nitrogen and oxygen atoms in total. The van der Waals surface area contributed by atoms with Gasteiger partial charge in [0.2, 0.25) is 0 Å². The van der Waals surface area contributed by atoms with Crippen LogP contribution < -0.4 is 25.3 Å². The van der Waals surface area contributed by atoms with E-state index in [2.05, 4.69) is 19.7 Å². The average molecular weight is 797 g/mol. The Morgan fingerprint density at radius 2 is 1.33 bits per heavy atom. The summed E-state index contributed by atoms with van der Waals surface area (Å²) in [5.41, 5.74) is 4.63. The molecule has 0 spiro atoms. The smallest absolute Gasteiger partial charge is 0.496 e. The van der Waals surface area contributed by atoms with E-state index >= 15 is 0 Å². The highest BCUT2D eigenvalue weighted by Gasteiger charge is 2.41. The van der Waals surface area contributed by atoms with Gasteiger partial charge in [0.25, 0.3) is 5.91 Å². The maximum atomic E-state index is 13.5. The fraction of sp³-hybridized carbons (Fsp3) is 0.472. The second-order valence-electron chi connectivity index (χ2n) is 13.3. The topological polar surface area (TPSA) is 89.3 Å². The quantitative estimate of drug-likeness (QED) is 0.175. The van der Waals surface area contributed by atoms with Crippen LogP contribution in [-0.2, 0) is 17.3 Å². The van der Waals surface area contributed by atoms with Crippen LogP contribution in [0, 0.1) is 0 Å². The Bertz CT molecular complexity index is 1730. The van der Waals surface area contributed by atoms with E-state index < -0.39 is 47.2 Å². The summed E-state index contributed by atoms with van der Waals surface area (Å²) in [7, 11) is 4.93. The number of thioether (sulfide) groups is 1. The molecule has 2 unspecified atom stereocenters. The van der Waals surface area contributed by atoms with Gasteiger partial charge in [0.15, 0.2) is 0 Å². The molecular formula is C36H41F9N4O4S. The minimum absolute atomic E-state index is 0.0580. The summed E-state index contributed by atoms with van der Waals surface area (Å²) < 4.78 is 128. The van der Waals surface area contributed by atoms with Gasteiger partial charge in [0, 0.05) is 18.0 Å². The third kappa shape index (κ3) is 11.3. The van der Waals surface area contributed by atoms with E-state index in [4.69, 9.17) is 10.5 Å². The zero-order valence-corrected chi connectivity index (χ0v) is 30.7. The van der Waals surface area contributed by atoms with Crippen LogP contribution in [0.4, 0.5) is 39.5 Å². The standard InChI is InChI=1S/C23H24F6N2O3S.C13H17F3N2O/c1-31-9-5-8-21(13-31,14-6-4-7-16(10-14)34-23(27,28)29)30-20(32)19-17(33-2)11-15(22(24,25)26)12-18(19)35-3;1-18-7-3-6-12(17,9-18)10-4-2-5-11(8-10)19-13(14,15)16/h4,6-7,10-12H,5,8-9,13H2,1-3H3,(H,30,32);2,4-5,8H,3,6-7,9,17H2,1H3. The Morgan fingerprint density at radius 3 is 1.83 bits per heavy atom. The van der Waals surface area contributed by atoms with E-state index in [1.54, 1.807) is 18.2 Å². The van der Waals surface area contributed by atoms with Crippen molar-refractivity contribution in [1.82, 2.24) is 15.1 Å². The van der Waals surface area contributed by atoms with Crippen molar-refractivity contribution in [1.29, 1.82) is 0 Å². The number of nitrogens with one attached hydrogen (secondary N) is 1. The van der Waals surface area contributed by atoms with Gasteiger partial charge in [-0.05, 0) is 107 Å². The Kier molecular flexibility index (Phi) is 13.4. The molecule has 298 valence electrons. The van der Waals surface area contributed by atoms with Gasteiger partial charge >= 0.3 is 18.9 Å². The molecule has 3 aromatic carbocycles. The van der Waals surface area contributed by atoms with E-state index in [9.17, 15) is 44.3 Å². The van der Waals surface area contributed by atoms with E-state index in [0.717, 1.165) is 49.3 Å². The molecular weight excluding hydrogens is 755 g/mol. The van der Waals surface area contributed by atoms with Crippen molar-refractivity contribution < 1.29 is 58.5 Å². The average Bonchev–Trinajstić information content (AvgIpc) is 3.06. The SMILES string of the molecule is CN1CCCC(N)(c2cccc(OC(F)(F)F)c2)C1.COc1cc(C(F)(F)F)cc(SC)c1C(=O)NC1(c2cccc(OC(F)(F)F)c2)CCCN(C)C1. The van der Waals surface area contributed by atoms with Gasteiger partial charge in [-0.1, -0.05) is 24.3 Å². The summed E-state index contributed by atoms with van der Waals surface area (Å²) in [6.07, 6.45) is -9.96. The van der Waals surface area contributed by atoms with E-state index in [-0.39, 0.29) is 28.5 Å². The number of hydrogen-bond donors (Lipinski definition) is 2. The minimum Gasteiger partial charge on any atom is -0.496 e. The van der Waals surface area contributed by atoms with Crippen LogP contribution in [0.1, 0.15) is 52.7 Å². The van der Waals surface area contributed by atoms with Crippen LogP contribution in [0.5, 0.6) is 17.2 Å². The van der Waals surface area contributed by atoms with Gasteiger partial charge in [0.1, 0.15) is 17.2 Å². The number of likely N-dealkylation sites (N-methyl/N-ethyl adjacent to an activating group) is 2. The molecule has 1 amide bonds. The van der Waals surface area contributed by atoms with E-state index in [0.29, 0.717) is 37.1 Å². The zero-order valence-electron chi connectivity index (χ0n) is 29.8. The summed E-state index contributed by atoms with van der Waals surface area (Å²) in [5.74, 6) is -1.61. The molecule has 0 bridgehead atoms. The molecule has 2 atom stereocenters. The highest BCUT2D eigenvalue weighted by atomic mass is 32.2. The predicted octanol–water partition coefficient (Wildman–Crippen LogP) is 8.15. The molecule has 0 aliphatic carbocycles. The number of hydrogen-bond acceptors (Lipinski definition) is 8. The lowest BCUT2D eigenvalue weighted by Gasteiger charge is -2.43. The third-order valence-electron chi connectivity index (χ3n) is 9.07. The van der Waals surface area contributed by atoms with Crippen LogP contribution in [0.2, 0.25) is 0 Å². The van der Waals surface area contributed by atoms with Crippen molar-refractivity contribution in [3.05, 3.63) is 82.9 Å². The molecule has 3 aromatic rings. The fourth-order valence-corrected chi connectivity index (χ4v) is 7.43. The number of rotatable bonds is 8. The molecule has 0 saturated carbocycles. The minimum atomic E-state index is -4.89. The van der Waals surface area contributed by atoms with Crippen molar-refractivity contribution >= 4 is 17.7 Å². The molecule has 54 heavy (non-hydrogen) atoms. The van der Waals surface area contributed by atoms with Crippen molar-refractivity contribution in [3.63, 3.8) is 0 Å². The number of halogens is 9. The van der Waals surface area contributed by atoms with Gasteiger partial charge in [-0.3, -0.25) is 4.79 Å². The van der Waals surface area contributed by atoms with Crippen molar-refractivity contribution in [2.45, 2.75) is 60.6 Å². The summed E-state index contributed by atoms with van der Waals surface area (Å²) in [6.45, 7) is 2.56. The summed E-state index contributed by atoms with van der Waals surface area (Å²) in [6, 6.07) is 12.9. The van der Waals surface area contributed by atoms with Gasteiger partial charge in [-0.2, -0.15) is 13.2 Å². The molecule has 0 radical (unpaired) electrons. The lowest BCUT2D eigenvalue weighted by Crippen LogP contribution is -2.55. The number of benzene rings is 3. The number of methoxy groups -OCH3 is 1. The van der Waals surface area contributed by atoms with Crippen molar-refractivity contribution in [2.24, 2.45) is 5.73 Å². The van der Waals surface area contributed by atoms with Crippen molar-refractivity contribution in [3.8, 4) is 17.2 Å². The van der Waals surface area contributed by atoms with Gasteiger partial charge in [0.05, 0.1) is 29.3 Å². The number of amides is 1. The molecule has 5 rings (SSSR count). The van der Waals surface area contributed by atoms with E-state index in [1.807, 2.05) is 19.0 Å². The van der Waals surface area contributed by atoms with Gasteiger partial charge < -0.3 is 35.1 Å². The molecule has 0 aromatic heterocycles. The Morgan fingerprint density at radius 1 is 0.796 bits per heavy atom. The lowest BCUT2D eigenvalue weighted by atomic mass is 9.81. The van der Waals surface area contributed by atoms with E-state index in [1.165, 1.54) is 37.6 Å². The Balaban J connectivity index is 0.000000287. The molecule has 2 heterocycles. The van der Waals surface area contributed by atoms with Gasteiger partial charge in [-0.25, -0.2) is 0 Å². The number of nitrogens with two attached hydrogens (primary N) is 1. The highest BCUT2D eigenvalue weighted by Crippen LogP contribution is 2.40. The summed E-state index contributed by atoms with van der Waals surface area (Å²) in [5, 5.41) is 2.90. The second-order valence-corrected chi connectivity index (χ2v) is 14.1. The number of carbonyl (C=O) groups is 1. The van der Waals surface area contributed by atoms with Crippen LogP contribution in [0.3, 0.4) is 0 Å². The van der Waals surface area contributed by atoms with Crippen LogP contribution in [0.25, 0.3) is 0 Å². The fourth-order valence-electron chi connectivity index (χ4n) is 6.79. The molecule has 2 saturated heterocycles. The number of alkyl halides is 9. The first-order valence-electron chi connectivity index (χ1n) is 16.6. The molecule has 2 aliphatic heterocycles. The first-order chi connectivity index (χ1) is 25.1. The normalized spacial score (nSPS) is 21.4. The highest BCUT2D eigenvalue weighted by molar-refractivity contribution is 7.98. The number of nitrogens with zero attached hydrogens (tertiary/aromatic N) is 2. The zero-order chi connectivity index (χ0) is 40.1. The Hall–Kier alpha value is -3.87.